The molecule has 1 aromatic heterocycles. The van der Waals surface area contributed by atoms with Crippen LogP contribution in [-0.2, 0) is 4.79 Å². The van der Waals surface area contributed by atoms with Crippen LogP contribution in [0.25, 0.3) is 6.08 Å². The van der Waals surface area contributed by atoms with Gasteiger partial charge in [0, 0.05) is 17.3 Å². The summed E-state index contributed by atoms with van der Waals surface area (Å²) in [6.45, 7) is 3.63. The van der Waals surface area contributed by atoms with Crippen molar-refractivity contribution in [3.8, 4) is 5.75 Å². The summed E-state index contributed by atoms with van der Waals surface area (Å²) >= 11 is 11.9. The quantitative estimate of drug-likeness (QED) is 0.811. The van der Waals surface area contributed by atoms with Crippen LogP contribution in [0.15, 0.2) is 29.5 Å². The van der Waals surface area contributed by atoms with Crippen molar-refractivity contribution in [3.05, 3.63) is 45.1 Å². The zero-order chi connectivity index (χ0) is 17.4. The fourth-order valence-electron chi connectivity index (χ4n) is 2.53. The number of carbonyl (C=O) groups is 1. The van der Waals surface area contributed by atoms with Gasteiger partial charge in [0.1, 0.15) is 5.75 Å². The molecule has 0 amide bonds. The molecule has 24 heavy (non-hydrogen) atoms. The highest BCUT2D eigenvalue weighted by molar-refractivity contribution is 6.35. The molecule has 7 nitrogen and oxygen atoms in total. The number of allylic oxidation sites excluding steroid dienone is 3. The van der Waals surface area contributed by atoms with Crippen molar-refractivity contribution in [2.75, 3.05) is 5.32 Å². The summed E-state index contributed by atoms with van der Waals surface area (Å²) < 4.78 is 1.54. The molecule has 9 heteroatoms. The van der Waals surface area contributed by atoms with E-state index in [4.69, 9.17) is 23.2 Å². The number of halogens is 2. The van der Waals surface area contributed by atoms with Crippen LogP contribution in [0.4, 0.5) is 5.95 Å². The Balaban J connectivity index is 1.89. The van der Waals surface area contributed by atoms with Crippen LogP contribution in [0.3, 0.4) is 0 Å². The van der Waals surface area contributed by atoms with Crippen molar-refractivity contribution in [1.29, 1.82) is 0 Å². The summed E-state index contributed by atoms with van der Waals surface area (Å²) in [6.07, 6.45) is 2.96. The molecule has 0 spiro atoms. The molecule has 124 valence electrons. The van der Waals surface area contributed by atoms with Crippen LogP contribution in [0.5, 0.6) is 5.75 Å². The van der Waals surface area contributed by atoms with E-state index in [-0.39, 0.29) is 22.6 Å². The second kappa shape index (κ2) is 6.26. The fraction of sp³-hybridized carbons (Fsp3) is 0.200. The third-order valence-corrected chi connectivity index (χ3v) is 4.36. The number of phenolic OH excluding ortho intramolecular Hbond substituents is 1. The molecule has 0 bridgehead atoms. The van der Waals surface area contributed by atoms with E-state index >= 15 is 0 Å². The second-order valence-electron chi connectivity index (χ2n) is 5.31. The standard InChI is InChI=1S/C15H13Cl2N5O2/c1-7-14(8(2)22-15(18-7)19-20-21-22)12(23)4-3-9-5-11(17)13(24)6-10(9)16/h3-6,8,24H,1-2H3,(H,18,19,21)/b4-3+. The molecule has 1 atom stereocenters. The number of aromatic hydroxyl groups is 1. The van der Waals surface area contributed by atoms with Crippen molar-refractivity contribution in [1.82, 2.24) is 20.2 Å². The Kier molecular flexibility index (Phi) is 4.29. The Morgan fingerprint density at radius 3 is 2.88 bits per heavy atom. The van der Waals surface area contributed by atoms with E-state index in [9.17, 15) is 9.90 Å². The lowest BCUT2D eigenvalue weighted by molar-refractivity contribution is -0.111. The van der Waals surface area contributed by atoms with Gasteiger partial charge in [-0.05, 0) is 48.1 Å². The van der Waals surface area contributed by atoms with E-state index in [1.807, 2.05) is 6.92 Å². The summed E-state index contributed by atoms with van der Waals surface area (Å²) in [4.78, 5) is 12.6. The maximum Gasteiger partial charge on any atom is 0.247 e. The number of rotatable bonds is 3. The largest absolute Gasteiger partial charge is 0.506 e. The van der Waals surface area contributed by atoms with Crippen LogP contribution >= 0.6 is 23.2 Å². The number of hydrogen-bond donors (Lipinski definition) is 2. The predicted molar refractivity (Wildman–Crippen MR) is 91.0 cm³/mol. The van der Waals surface area contributed by atoms with Crippen molar-refractivity contribution >= 4 is 41.0 Å². The molecule has 0 fully saturated rings. The van der Waals surface area contributed by atoms with Gasteiger partial charge in [0.15, 0.2) is 5.78 Å². The van der Waals surface area contributed by atoms with Gasteiger partial charge < -0.3 is 10.4 Å². The molecule has 0 saturated heterocycles. The molecule has 0 radical (unpaired) electrons. The minimum absolute atomic E-state index is 0.111. The molecule has 0 aliphatic carbocycles. The van der Waals surface area contributed by atoms with Crippen molar-refractivity contribution in [3.63, 3.8) is 0 Å². The Bertz CT molecular complexity index is 888. The Morgan fingerprint density at radius 1 is 1.38 bits per heavy atom. The minimum Gasteiger partial charge on any atom is -0.506 e. The van der Waals surface area contributed by atoms with Gasteiger partial charge in [0.25, 0.3) is 0 Å². The van der Waals surface area contributed by atoms with E-state index in [2.05, 4.69) is 20.8 Å². The van der Waals surface area contributed by atoms with Gasteiger partial charge in [-0.25, -0.2) is 4.68 Å². The lowest BCUT2D eigenvalue weighted by atomic mass is 9.99. The van der Waals surface area contributed by atoms with Gasteiger partial charge in [0.2, 0.25) is 5.95 Å². The molecule has 1 aromatic carbocycles. The molecule has 0 saturated carbocycles. The van der Waals surface area contributed by atoms with Crippen molar-refractivity contribution in [2.45, 2.75) is 19.9 Å². The molecule has 3 rings (SSSR count). The highest BCUT2D eigenvalue weighted by Crippen LogP contribution is 2.32. The van der Waals surface area contributed by atoms with Crippen LogP contribution in [0, 0.1) is 0 Å². The molecule has 2 aromatic rings. The maximum atomic E-state index is 12.6. The predicted octanol–water partition coefficient (Wildman–Crippen LogP) is 3.23. The van der Waals surface area contributed by atoms with E-state index < -0.39 is 0 Å². The zero-order valence-electron chi connectivity index (χ0n) is 12.8. The maximum absolute atomic E-state index is 12.6. The first-order valence-electron chi connectivity index (χ1n) is 7.04. The van der Waals surface area contributed by atoms with Gasteiger partial charge in [-0.1, -0.05) is 28.3 Å². The molecule has 1 aliphatic rings. The normalized spacial score (nSPS) is 17.1. The fourth-order valence-corrected chi connectivity index (χ4v) is 2.93. The summed E-state index contributed by atoms with van der Waals surface area (Å²) in [7, 11) is 0. The summed E-state index contributed by atoms with van der Waals surface area (Å²) in [5.74, 6) is 0.183. The van der Waals surface area contributed by atoms with E-state index in [1.165, 1.54) is 18.2 Å². The Labute approximate surface area is 147 Å². The number of ketones is 1. The lowest BCUT2D eigenvalue weighted by Gasteiger charge is -2.23. The first kappa shape index (κ1) is 16.5. The average molecular weight is 366 g/mol. The van der Waals surface area contributed by atoms with Crippen molar-refractivity contribution in [2.24, 2.45) is 0 Å². The monoisotopic (exact) mass is 365 g/mol. The number of nitrogens with zero attached hydrogens (tertiary/aromatic N) is 4. The molecule has 1 aliphatic heterocycles. The van der Waals surface area contributed by atoms with Crippen LogP contribution < -0.4 is 5.32 Å². The molecular weight excluding hydrogens is 353 g/mol. The third kappa shape index (κ3) is 2.88. The minimum atomic E-state index is -0.299. The number of hydrogen-bond acceptors (Lipinski definition) is 6. The van der Waals surface area contributed by atoms with Gasteiger partial charge >= 0.3 is 0 Å². The molecule has 2 heterocycles. The molecule has 1 unspecified atom stereocenters. The van der Waals surface area contributed by atoms with Crippen LogP contribution in [-0.4, -0.2) is 31.1 Å². The van der Waals surface area contributed by atoms with E-state index in [0.29, 0.717) is 27.8 Å². The van der Waals surface area contributed by atoms with Gasteiger partial charge in [0.05, 0.1) is 16.1 Å². The van der Waals surface area contributed by atoms with Crippen molar-refractivity contribution < 1.29 is 9.90 Å². The third-order valence-electron chi connectivity index (χ3n) is 3.73. The van der Waals surface area contributed by atoms with Gasteiger partial charge in [-0.15, -0.1) is 0 Å². The first-order chi connectivity index (χ1) is 11.4. The SMILES string of the molecule is CC1=C(C(=O)/C=C/c2cc(Cl)c(O)cc2Cl)C(C)n2nnnc2N1. The van der Waals surface area contributed by atoms with Crippen LogP contribution in [0.1, 0.15) is 25.5 Å². The van der Waals surface area contributed by atoms with Crippen LogP contribution in [0.2, 0.25) is 10.0 Å². The summed E-state index contributed by atoms with van der Waals surface area (Å²) in [5.41, 5.74) is 1.77. The summed E-state index contributed by atoms with van der Waals surface area (Å²) in [6, 6.07) is 2.52. The molecular formula is C15H13Cl2N5O2. The smallest absolute Gasteiger partial charge is 0.247 e. The number of tetrazole rings is 1. The number of carbonyl (C=O) groups excluding carboxylic acids is 1. The number of benzene rings is 1. The zero-order valence-corrected chi connectivity index (χ0v) is 14.3. The highest BCUT2D eigenvalue weighted by atomic mass is 35.5. The lowest BCUT2D eigenvalue weighted by Crippen LogP contribution is -2.25. The summed E-state index contributed by atoms with van der Waals surface area (Å²) in [5, 5.41) is 24.3. The highest BCUT2D eigenvalue weighted by Gasteiger charge is 2.28. The molecule has 2 N–H and O–H groups in total. The number of nitrogens with one attached hydrogen (secondary N) is 1. The number of phenols is 1. The van der Waals surface area contributed by atoms with Gasteiger partial charge in [-0.2, -0.15) is 0 Å². The van der Waals surface area contributed by atoms with Gasteiger partial charge in [-0.3, -0.25) is 4.79 Å². The number of aromatic nitrogens is 4. The first-order valence-corrected chi connectivity index (χ1v) is 7.80. The van der Waals surface area contributed by atoms with E-state index in [1.54, 1.807) is 17.7 Å². The Hall–Kier alpha value is -2.38. The average Bonchev–Trinajstić information content (AvgIpc) is 2.98. The Morgan fingerprint density at radius 2 is 2.12 bits per heavy atom. The topological polar surface area (TPSA) is 92.9 Å². The second-order valence-corrected chi connectivity index (χ2v) is 6.12. The number of anilines is 1. The van der Waals surface area contributed by atoms with E-state index in [0.717, 1.165) is 0 Å². The number of fused-ring (bicyclic) bond motifs is 1.